The smallest absolute Gasteiger partial charge is 0.243 e. The summed E-state index contributed by atoms with van der Waals surface area (Å²) < 4.78 is 27.1. The number of rotatable bonds is 8. The lowest BCUT2D eigenvalue weighted by Gasteiger charge is -2.30. The third-order valence-corrected chi connectivity index (χ3v) is 7.27. The van der Waals surface area contributed by atoms with Crippen LogP contribution in [0.2, 0.25) is 0 Å². The van der Waals surface area contributed by atoms with E-state index in [9.17, 15) is 8.42 Å². The number of nitrogens with one attached hydrogen (secondary N) is 2. The van der Waals surface area contributed by atoms with Gasteiger partial charge >= 0.3 is 0 Å². The van der Waals surface area contributed by atoms with Gasteiger partial charge in [0.15, 0.2) is 5.96 Å². The Bertz CT molecular complexity index is 900. The molecule has 0 aliphatic carbocycles. The zero-order valence-corrected chi connectivity index (χ0v) is 21.2. The van der Waals surface area contributed by atoms with E-state index in [4.69, 9.17) is 4.99 Å². The standard InChI is InChI=1S/C23H32N4O2S.HI/c1-2-24-23(25-16-13-20-9-5-3-6-10-20)26-19-21-14-17-27(18-15-21)30(28,29)22-11-7-4-8-12-22;/h3-12,21H,2,13-19H2,1H3,(H2,24,25,26);1H. The molecule has 6 nitrogen and oxygen atoms in total. The minimum absolute atomic E-state index is 0. The van der Waals surface area contributed by atoms with Crippen molar-refractivity contribution in [3.63, 3.8) is 0 Å². The van der Waals surface area contributed by atoms with Crippen molar-refractivity contribution in [3.8, 4) is 0 Å². The highest BCUT2D eigenvalue weighted by Crippen LogP contribution is 2.23. The van der Waals surface area contributed by atoms with Crippen LogP contribution in [0.1, 0.15) is 25.3 Å². The predicted molar refractivity (Wildman–Crippen MR) is 137 cm³/mol. The molecule has 2 aromatic rings. The molecule has 2 N–H and O–H groups in total. The molecule has 0 aromatic heterocycles. The van der Waals surface area contributed by atoms with Crippen LogP contribution in [0.15, 0.2) is 70.6 Å². The lowest BCUT2D eigenvalue weighted by Crippen LogP contribution is -2.40. The Morgan fingerprint density at radius 2 is 1.61 bits per heavy atom. The summed E-state index contributed by atoms with van der Waals surface area (Å²) in [6.45, 7) is 5.50. The third kappa shape index (κ3) is 7.76. The summed E-state index contributed by atoms with van der Waals surface area (Å²) in [5.41, 5.74) is 1.30. The summed E-state index contributed by atoms with van der Waals surface area (Å²) in [6, 6.07) is 19.1. The Morgan fingerprint density at radius 3 is 2.23 bits per heavy atom. The van der Waals surface area contributed by atoms with E-state index in [0.717, 1.165) is 38.3 Å². The molecule has 0 spiro atoms. The second-order valence-electron chi connectivity index (χ2n) is 7.54. The number of aliphatic imine (C=N–C) groups is 1. The van der Waals surface area contributed by atoms with Crippen molar-refractivity contribution >= 4 is 40.0 Å². The molecule has 0 atom stereocenters. The van der Waals surface area contributed by atoms with Crippen molar-refractivity contribution in [2.24, 2.45) is 10.9 Å². The maximum absolute atomic E-state index is 12.8. The Labute approximate surface area is 203 Å². The number of halogens is 1. The van der Waals surface area contributed by atoms with Gasteiger partial charge in [0.2, 0.25) is 10.0 Å². The molecule has 2 aromatic carbocycles. The molecule has 0 saturated carbocycles. The SMILES string of the molecule is CCNC(=NCC1CCN(S(=O)(=O)c2ccccc2)CC1)NCCc1ccccc1.I. The first-order valence-electron chi connectivity index (χ1n) is 10.7. The second-order valence-corrected chi connectivity index (χ2v) is 9.48. The first kappa shape index (κ1) is 25.6. The molecule has 0 amide bonds. The largest absolute Gasteiger partial charge is 0.357 e. The lowest BCUT2D eigenvalue weighted by molar-refractivity contribution is 0.278. The van der Waals surface area contributed by atoms with E-state index < -0.39 is 10.0 Å². The van der Waals surface area contributed by atoms with Crippen LogP contribution in [0.3, 0.4) is 0 Å². The van der Waals surface area contributed by atoms with Crippen molar-refractivity contribution in [1.29, 1.82) is 0 Å². The summed E-state index contributed by atoms with van der Waals surface area (Å²) in [5.74, 6) is 1.23. The molecule has 1 saturated heterocycles. The van der Waals surface area contributed by atoms with Crippen LogP contribution in [0.25, 0.3) is 0 Å². The quantitative estimate of drug-likeness (QED) is 0.297. The maximum atomic E-state index is 12.8. The zero-order valence-electron chi connectivity index (χ0n) is 18.0. The van der Waals surface area contributed by atoms with Crippen LogP contribution in [0.4, 0.5) is 0 Å². The van der Waals surface area contributed by atoms with E-state index in [1.54, 1.807) is 28.6 Å². The van der Waals surface area contributed by atoms with Crippen molar-refractivity contribution in [3.05, 3.63) is 66.2 Å². The Balaban J connectivity index is 0.00000341. The molecule has 1 fully saturated rings. The average Bonchev–Trinajstić information content (AvgIpc) is 2.79. The molecule has 0 bridgehead atoms. The number of hydrogen-bond acceptors (Lipinski definition) is 3. The topological polar surface area (TPSA) is 73.8 Å². The summed E-state index contributed by atoms with van der Waals surface area (Å²) >= 11 is 0. The molecule has 170 valence electrons. The predicted octanol–water partition coefficient (Wildman–Crippen LogP) is 3.50. The van der Waals surface area contributed by atoms with Gasteiger partial charge in [-0.3, -0.25) is 4.99 Å². The van der Waals surface area contributed by atoms with E-state index in [0.29, 0.717) is 30.4 Å². The van der Waals surface area contributed by atoms with E-state index in [2.05, 4.69) is 41.8 Å². The van der Waals surface area contributed by atoms with Gasteiger partial charge in [0.25, 0.3) is 0 Å². The molecular formula is C23H33IN4O2S. The Hall–Kier alpha value is -1.65. The van der Waals surface area contributed by atoms with Gasteiger partial charge in [-0.15, -0.1) is 24.0 Å². The number of nitrogens with zero attached hydrogens (tertiary/aromatic N) is 2. The third-order valence-electron chi connectivity index (χ3n) is 5.36. The zero-order chi connectivity index (χ0) is 21.2. The van der Waals surface area contributed by atoms with Crippen LogP contribution >= 0.6 is 24.0 Å². The Kier molecular flexibility index (Phi) is 10.8. The number of guanidine groups is 1. The van der Waals surface area contributed by atoms with Gasteiger partial charge < -0.3 is 10.6 Å². The summed E-state index contributed by atoms with van der Waals surface area (Å²) in [4.78, 5) is 5.11. The van der Waals surface area contributed by atoms with Crippen molar-refractivity contribution in [2.75, 3.05) is 32.7 Å². The maximum Gasteiger partial charge on any atom is 0.243 e. The first-order chi connectivity index (χ1) is 14.6. The summed E-state index contributed by atoms with van der Waals surface area (Å²) in [5, 5.41) is 6.69. The molecule has 1 aliphatic rings. The Morgan fingerprint density at radius 1 is 1.00 bits per heavy atom. The first-order valence-corrected chi connectivity index (χ1v) is 12.1. The summed E-state index contributed by atoms with van der Waals surface area (Å²) in [6.07, 6.45) is 2.61. The fourth-order valence-electron chi connectivity index (χ4n) is 3.61. The highest BCUT2D eigenvalue weighted by atomic mass is 127. The van der Waals surface area contributed by atoms with E-state index >= 15 is 0 Å². The van der Waals surface area contributed by atoms with Crippen molar-refractivity contribution in [2.45, 2.75) is 31.1 Å². The van der Waals surface area contributed by atoms with Gasteiger partial charge in [-0.05, 0) is 49.8 Å². The van der Waals surface area contributed by atoms with Gasteiger partial charge in [-0.2, -0.15) is 4.31 Å². The van der Waals surface area contributed by atoms with Gasteiger partial charge in [-0.1, -0.05) is 48.5 Å². The van der Waals surface area contributed by atoms with Crippen LogP contribution < -0.4 is 10.6 Å². The molecule has 3 rings (SSSR count). The monoisotopic (exact) mass is 556 g/mol. The minimum Gasteiger partial charge on any atom is -0.357 e. The normalized spacial score (nSPS) is 15.8. The van der Waals surface area contributed by atoms with Crippen LogP contribution in [-0.4, -0.2) is 51.4 Å². The lowest BCUT2D eigenvalue weighted by atomic mass is 9.98. The number of hydrogen-bond donors (Lipinski definition) is 2. The second kappa shape index (κ2) is 13.0. The van der Waals surface area contributed by atoms with E-state index in [1.807, 2.05) is 12.1 Å². The van der Waals surface area contributed by atoms with Crippen molar-refractivity contribution in [1.82, 2.24) is 14.9 Å². The molecule has 1 heterocycles. The highest BCUT2D eigenvalue weighted by Gasteiger charge is 2.29. The van der Waals surface area contributed by atoms with E-state index in [-0.39, 0.29) is 24.0 Å². The fraction of sp³-hybridized carbons (Fsp3) is 0.435. The fourth-order valence-corrected chi connectivity index (χ4v) is 5.10. The number of sulfonamides is 1. The number of piperidine rings is 1. The molecule has 31 heavy (non-hydrogen) atoms. The van der Waals surface area contributed by atoms with Crippen LogP contribution in [-0.2, 0) is 16.4 Å². The van der Waals surface area contributed by atoms with Crippen LogP contribution in [0.5, 0.6) is 0 Å². The van der Waals surface area contributed by atoms with Gasteiger partial charge in [0.05, 0.1) is 4.90 Å². The average molecular weight is 557 g/mol. The summed E-state index contributed by atoms with van der Waals surface area (Å²) in [7, 11) is -3.39. The van der Waals surface area contributed by atoms with Gasteiger partial charge in [0, 0.05) is 32.7 Å². The molecule has 8 heteroatoms. The van der Waals surface area contributed by atoms with E-state index in [1.165, 1.54) is 5.56 Å². The van der Waals surface area contributed by atoms with Crippen LogP contribution in [0, 0.1) is 5.92 Å². The van der Waals surface area contributed by atoms with Gasteiger partial charge in [-0.25, -0.2) is 8.42 Å². The minimum atomic E-state index is -3.39. The van der Waals surface area contributed by atoms with Gasteiger partial charge in [0.1, 0.15) is 0 Å². The number of benzene rings is 2. The highest BCUT2D eigenvalue weighted by molar-refractivity contribution is 14.0. The van der Waals surface area contributed by atoms with Crippen molar-refractivity contribution < 1.29 is 8.42 Å². The molecule has 0 radical (unpaired) electrons. The molecular weight excluding hydrogens is 523 g/mol. The molecule has 0 unspecified atom stereocenters. The molecule has 1 aliphatic heterocycles.